The molecule has 0 aromatic heterocycles. The molecule has 1 fully saturated rings. The zero-order valence-electron chi connectivity index (χ0n) is 11.2. The average Bonchev–Trinajstić information content (AvgIpc) is 2.48. The van der Waals surface area contributed by atoms with E-state index in [0.717, 1.165) is 12.8 Å². The molecule has 0 aliphatic heterocycles. The van der Waals surface area contributed by atoms with Crippen molar-refractivity contribution in [3.05, 3.63) is 34.1 Å². The molecule has 2 atom stereocenters. The van der Waals surface area contributed by atoms with Gasteiger partial charge in [0.15, 0.2) is 0 Å². The lowest BCUT2D eigenvalue weighted by Gasteiger charge is -2.30. The molecule has 0 saturated heterocycles. The van der Waals surface area contributed by atoms with E-state index in [1.807, 2.05) is 0 Å². The van der Waals surface area contributed by atoms with E-state index in [4.69, 9.17) is 11.6 Å². The third-order valence-electron chi connectivity index (χ3n) is 3.99. The second-order valence-corrected chi connectivity index (χ2v) is 6.43. The van der Waals surface area contributed by atoms with Crippen LogP contribution in [0.25, 0.3) is 0 Å². The standard InChI is InChI=1S/C15H18BrClFNO/c16-13-7-3-6-12(14(13)18)15(20)19-9-11-5-2-1-4-10(11)8-17/h3,6-7,10-11H,1-2,4-5,8-9H2,(H,19,20). The van der Waals surface area contributed by atoms with Gasteiger partial charge in [-0.25, -0.2) is 4.39 Å². The van der Waals surface area contributed by atoms with Crippen molar-refractivity contribution in [2.75, 3.05) is 12.4 Å². The second-order valence-electron chi connectivity index (χ2n) is 5.27. The molecule has 0 heterocycles. The van der Waals surface area contributed by atoms with E-state index in [1.54, 1.807) is 12.1 Å². The summed E-state index contributed by atoms with van der Waals surface area (Å²) >= 11 is 9.06. The fraction of sp³-hybridized carbons (Fsp3) is 0.533. The molecule has 1 saturated carbocycles. The van der Waals surface area contributed by atoms with Crippen molar-refractivity contribution in [1.82, 2.24) is 5.32 Å². The van der Waals surface area contributed by atoms with Gasteiger partial charge in [-0.2, -0.15) is 0 Å². The number of carbonyl (C=O) groups is 1. The molecule has 1 aromatic carbocycles. The maximum Gasteiger partial charge on any atom is 0.254 e. The summed E-state index contributed by atoms with van der Waals surface area (Å²) in [5.41, 5.74) is 0.0811. The number of benzene rings is 1. The Labute approximate surface area is 132 Å². The lowest BCUT2D eigenvalue weighted by atomic mass is 9.80. The molecule has 0 bridgehead atoms. The van der Waals surface area contributed by atoms with Crippen LogP contribution < -0.4 is 5.32 Å². The quantitative estimate of drug-likeness (QED) is 0.792. The largest absolute Gasteiger partial charge is 0.352 e. The number of hydrogen-bond acceptors (Lipinski definition) is 1. The minimum atomic E-state index is -0.512. The highest BCUT2D eigenvalue weighted by atomic mass is 79.9. The highest BCUT2D eigenvalue weighted by molar-refractivity contribution is 9.10. The Morgan fingerprint density at radius 2 is 2.05 bits per heavy atom. The third-order valence-corrected chi connectivity index (χ3v) is 4.99. The molecule has 1 aromatic rings. The van der Waals surface area contributed by atoms with Crippen LogP contribution in [-0.2, 0) is 0 Å². The van der Waals surface area contributed by atoms with Crippen molar-refractivity contribution in [2.24, 2.45) is 11.8 Å². The van der Waals surface area contributed by atoms with Crippen LogP contribution in [0.3, 0.4) is 0 Å². The number of amides is 1. The number of halogens is 3. The Hall–Kier alpha value is -0.610. The molecule has 5 heteroatoms. The normalized spacial score (nSPS) is 22.6. The highest BCUT2D eigenvalue weighted by Crippen LogP contribution is 2.30. The van der Waals surface area contributed by atoms with Crippen LogP contribution in [0.2, 0.25) is 0 Å². The Morgan fingerprint density at radius 3 is 2.75 bits per heavy atom. The van der Waals surface area contributed by atoms with E-state index in [1.165, 1.54) is 18.9 Å². The van der Waals surface area contributed by atoms with E-state index >= 15 is 0 Å². The van der Waals surface area contributed by atoms with Gasteiger partial charge < -0.3 is 5.32 Å². The van der Waals surface area contributed by atoms with Gasteiger partial charge in [0.1, 0.15) is 5.82 Å². The maximum atomic E-state index is 13.8. The van der Waals surface area contributed by atoms with Crippen molar-refractivity contribution in [2.45, 2.75) is 25.7 Å². The summed E-state index contributed by atoms with van der Waals surface area (Å²) in [6.45, 7) is 0.572. The topological polar surface area (TPSA) is 29.1 Å². The van der Waals surface area contributed by atoms with E-state index < -0.39 is 5.82 Å². The molecule has 20 heavy (non-hydrogen) atoms. The maximum absolute atomic E-state index is 13.8. The predicted molar refractivity (Wildman–Crippen MR) is 82.6 cm³/mol. The summed E-state index contributed by atoms with van der Waals surface area (Å²) in [7, 11) is 0. The fourth-order valence-corrected chi connectivity index (χ4v) is 3.53. The smallest absolute Gasteiger partial charge is 0.254 e. The Kier molecular flexibility index (Phi) is 5.85. The Bertz CT molecular complexity index is 483. The van der Waals surface area contributed by atoms with E-state index in [0.29, 0.717) is 28.7 Å². The summed E-state index contributed by atoms with van der Waals surface area (Å²) < 4.78 is 14.1. The van der Waals surface area contributed by atoms with E-state index in [2.05, 4.69) is 21.2 Å². The number of nitrogens with one attached hydrogen (secondary N) is 1. The fourth-order valence-electron chi connectivity index (χ4n) is 2.75. The molecule has 110 valence electrons. The van der Waals surface area contributed by atoms with Crippen LogP contribution in [0.1, 0.15) is 36.0 Å². The number of rotatable bonds is 4. The summed E-state index contributed by atoms with van der Waals surface area (Å²) in [5.74, 6) is 0.620. The van der Waals surface area contributed by atoms with Gasteiger partial charge in [-0.15, -0.1) is 11.6 Å². The van der Waals surface area contributed by atoms with Crippen LogP contribution in [-0.4, -0.2) is 18.3 Å². The van der Waals surface area contributed by atoms with Crippen LogP contribution in [0, 0.1) is 17.7 Å². The third kappa shape index (κ3) is 3.73. The van der Waals surface area contributed by atoms with Gasteiger partial charge in [0, 0.05) is 12.4 Å². The molecule has 0 spiro atoms. The Morgan fingerprint density at radius 1 is 1.35 bits per heavy atom. The highest BCUT2D eigenvalue weighted by Gasteiger charge is 2.25. The molecule has 2 rings (SSSR count). The summed E-state index contributed by atoms with van der Waals surface area (Å²) in [5, 5.41) is 2.84. The molecule has 2 unspecified atom stereocenters. The Balaban J connectivity index is 1.96. The first-order valence-electron chi connectivity index (χ1n) is 6.91. The molecular formula is C15H18BrClFNO. The van der Waals surface area contributed by atoms with Crippen molar-refractivity contribution in [3.8, 4) is 0 Å². The van der Waals surface area contributed by atoms with Crippen molar-refractivity contribution >= 4 is 33.4 Å². The predicted octanol–water partition coefficient (Wildman–Crippen LogP) is 4.36. The molecule has 1 aliphatic carbocycles. The van der Waals surface area contributed by atoms with Gasteiger partial charge in [0.25, 0.3) is 5.91 Å². The van der Waals surface area contributed by atoms with Crippen LogP contribution in [0.4, 0.5) is 4.39 Å². The minimum absolute atomic E-state index is 0.0811. The molecule has 2 nitrogen and oxygen atoms in total. The zero-order valence-corrected chi connectivity index (χ0v) is 13.5. The van der Waals surface area contributed by atoms with Gasteiger partial charge in [-0.3, -0.25) is 4.79 Å². The van der Waals surface area contributed by atoms with E-state index in [9.17, 15) is 9.18 Å². The summed E-state index contributed by atoms with van der Waals surface area (Å²) in [6, 6.07) is 4.73. The summed E-state index contributed by atoms with van der Waals surface area (Å²) in [4.78, 5) is 12.1. The van der Waals surface area contributed by atoms with Gasteiger partial charge in [-0.1, -0.05) is 18.9 Å². The van der Waals surface area contributed by atoms with Crippen molar-refractivity contribution in [1.29, 1.82) is 0 Å². The first-order valence-corrected chi connectivity index (χ1v) is 8.24. The number of hydrogen-bond donors (Lipinski definition) is 1. The zero-order chi connectivity index (χ0) is 14.5. The van der Waals surface area contributed by atoms with Crippen molar-refractivity contribution < 1.29 is 9.18 Å². The second kappa shape index (κ2) is 7.41. The minimum Gasteiger partial charge on any atom is -0.352 e. The lowest BCUT2D eigenvalue weighted by Crippen LogP contribution is -2.35. The van der Waals surface area contributed by atoms with Crippen LogP contribution >= 0.6 is 27.5 Å². The van der Waals surface area contributed by atoms with Gasteiger partial charge in [-0.05, 0) is 52.7 Å². The number of alkyl halides is 1. The van der Waals surface area contributed by atoms with Crippen molar-refractivity contribution in [3.63, 3.8) is 0 Å². The molecule has 0 radical (unpaired) electrons. The van der Waals surface area contributed by atoms with E-state index in [-0.39, 0.29) is 11.5 Å². The SMILES string of the molecule is O=C(NCC1CCCCC1CCl)c1cccc(Br)c1F. The lowest BCUT2D eigenvalue weighted by molar-refractivity contribution is 0.0932. The average molecular weight is 363 g/mol. The van der Waals surface area contributed by atoms with Crippen LogP contribution in [0.15, 0.2) is 22.7 Å². The van der Waals surface area contributed by atoms with Gasteiger partial charge in [0.05, 0.1) is 10.0 Å². The molecule has 1 aliphatic rings. The van der Waals surface area contributed by atoms with Gasteiger partial charge >= 0.3 is 0 Å². The first kappa shape index (κ1) is 15.8. The molecule has 1 N–H and O–H groups in total. The molecular weight excluding hydrogens is 345 g/mol. The number of carbonyl (C=O) groups excluding carboxylic acids is 1. The first-order chi connectivity index (χ1) is 9.63. The summed E-state index contributed by atoms with van der Waals surface area (Å²) in [6.07, 6.45) is 4.59. The van der Waals surface area contributed by atoms with Gasteiger partial charge in [0.2, 0.25) is 0 Å². The monoisotopic (exact) mass is 361 g/mol. The van der Waals surface area contributed by atoms with Crippen LogP contribution in [0.5, 0.6) is 0 Å². The molecule has 1 amide bonds.